The lowest BCUT2D eigenvalue weighted by Crippen LogP contribution is -2.36. The first-order valence-electron chi connectivity index (χ1n) is 11.8. The minimum Gasteiger partial charge on any atom is -0.494 e. The normalized spacial score (nSPS) is 15.3. The Labute approximate surface area is 206 Å². The Bertz CT molecular complexity index is 1430. The smallest absolute Gasteiger partial charge is 0.251 e. The second kappa shape index (κ2) is 9.90. The summed E-state index contributed by atoms with van der Waals surface area (Å²) >= 11 is 0. The van der Waals surface area contributed by atoms with Crippen molar-refractivity contribution in [1.29, 1.82) is 0 Å². The molecule has 0 aliphatic carbocycles. The van der Waals surface area contributed by atoms with Crippen LogP contribution >= 0.6 is 0 Å². The number of halogens is 2. The Kier molecular flexibility index (Phi) is 6.51. The predicted octanol–water partition coefficient (Wildman–Crippen LogP) is 4.08. The molecule has 2 aromatic heterocycles. The highest BCUT2D eigenvalue weighted by Gasteiger charge is 2.21. The largest absolute Gasteiger partial charge is 0.494 e. The average Bonchev–Trinajstić information content (AvgIpc) is 3.56. The molecule has 5 rings (SSSR count). The van der Waals surface area contributed by atoms with Crippen LogP contribution in [0, 0.1) is 11.6 Å². The highest BCUT2D eigenvalue weighted by atomic mass is 19.2. The molecule has 1 amide bonds. The lowest BCUT2D eigenvalue weighted by Gasteiger charge is -2.15. The molecule has 0 radical (unpaired) electrons. The van der Waals surface area contributed by atoms with Crippen molar-refractivity contribution in [2.24, 2.45) is 0 Å². The third-order valence-electron chi connectivity index (χ3n) is 6.36. The number of methoxy groups -OCH3 is 1. The van der Waals surface area contributed by atoms with Gasteiger partial charge in [0.1, 0.15) is 0 Å². The molecule has 4 aromatic rings. The monoisotopic (exact) mass is 492 g/mol. The maximum atomic E-state index is 14.7. The number of rotatable bonds is 7. The van der Waals surface area contributed by atoms with E-state index < -0.39 is 11.6 Å². The van der Waals surface area contributed by atoms with E-state index in [1.165, 1.54) is 25.4 Å². The number of benzene rings is 2. The van der Waals surface area contributed by atoms with Gasteiger partial charge in [-0.15, -0.1) is 0 Å². The van der Waals surface area contributed by atoms with E-state index in [0.717, 1.165) is 30.8 Å². The van der Waals surface area contributed by atoms with Crippen LogP contribution in [0.4, 0.5) is 20.3 Å². The van der Waals surface area contributed by atoms with Crippen LogP contribution in [0.2, 0.25) is 0 Å². The number of carbonyl (C=O) groups is 1. The summed E-state index contributed by atoms with van der Waals surface area (Å²) in [5.41, 5.74) is 3.14. The zero-order valence-corrected chi connectivity index (χ0v) is 19.9. The molecule has 3 N–H and O–H groups in total. The molecule has 1 saturated heterocycles. The van der Waals surface area contributed by atoms with Crippen LogP contribution in [0.1, 0.15) is 29.3 Å². The molecule has 3 heterocycles. The highest BCUT2D eigenvalue weighted by Crippen LogP contribution is 2.31. The van der Waals surface area contributed by atoms with E-state index in [1.807, 2.05) is 19.1 Å². The lowest BCUT2D eigenvalue weighted by atomic mass is 10.0. The van der Waals surface area contributed by atoms with Gasteiger partial charge in [0.05, 0.1) is 19.0 Å². The number of aromatic nitrogens is 3. The molecule has 186 valence electrons. The van der Waals surface area contributed by atoms with Gasteiger partial charge in [-0.3, -0.25) is 9.20 Å². The van der Waals surface area contributed by atoms with Crippen molar-refractivity contribution in [3.05, 3.63) is 71.7 Å². The first-order valence-corrected chi connectivity index (χ1v) is 11.8. The third kappa shape index (κ3) is 4.35. The topological polar surface area (TPSA) is 92.6 Å². The van der Waals surface area contributed by atoms with E-state index in [-0.39, 0.29) is 23.3 Å². The molecular weight excluding hydrogens is 466 g/mol. The number of hydrogen-bond acceptors (Lipinski definition) is 6. The van der Waals surface area contributed by atoms with Crippen molar-refractivity contribution in [2.45, 2.75) is 25.8 Å². The number of nitrogens with one attached hydrogen (secondary N) is 3. The standard InChI is InChI=1S/C26H26F2N6O2/c1-3-15-12-16(4-5-18(15)26(35)33-17-8-9-29-13-17)32-24-25-31-14-20(34(25)11-10-30-24)19-6-7-21(36-2)23(28)22(19)27/h4-7,10-12,14,17,29H,3,8-9,13H2,1-2H3,(H,30,32)(H,33,35)/t17-/m0/s1. The second-order valence-corrected chi connectivity index (χ2v) is 8.57. The zero-order valence-electron chi connectivity index (χ0n) is 19.9. The number of carbonyl (C=O) groups excluding carboxylic acids is 1. The Hall–Kier alpha value is -4.05. The summed E-state index contributed by atoms with van der Waals surface area (Å²) in [7, 11) is 1.28. The van der Waals surface area contributed by atoms with Gasteiger partial charge in [-0.05, 0) is 55.3 Å². The van der Waals surface area contributed by atoms with Crippen LogP contribution in [0.25, 0.3) is 16.9 Å². The predicted molar refractivity (Wildman–Crippen MR) is 133 cm³/mol. The minimum atomic E-state index is -1.06. The van der Waals surface area contributed by atoms with Gasteiger partial charge in [0.15, 0.2) is 23.0 Å². The number of nitrogens with zero attached hydrogens (tertiary/aromatic N) is 3. The summed E-state index contributed by atoms with van der Waals surface area (Å²) in [6.45, 7) is 3.68. The molecule has 1 fully saturated rings. The first kappa shape index (κ1) is 23.7. The molecule has 1 aliphatic rings. The first-order chi connectivity index (χ1) is 17.5. The highest BCUT2D eigenvalue weighted by molar-refractivity contribution is 5.96. The number of fused-ring (bicyclic) bond motifs is 1. The average molecular weight is 493 g/mol. The molecule has 0 bridgehead atoms. The minimum absolute atomic E-state index is 0.0547. The number of imidazole rings is 1. The van der Waals surface area contributed by atoms with E-state index in [1.54, 1.807) is 22.9 Å². The third-order valence-corrected chi connectivity index (χ3v) is 6.36. The lowest BCUT2D eigenvalue weighted by molar-refractivity contribution is 0.0939. The Morgan fingerprint density at radius 3 is 2.83 bits per heavy atom. The SMILES string of the molecule is CCc1cc(Nc2nccn3c(-c4ccc(OC)c(F)c4F)cnc23)ccc1C(=O)N[C@H]1CCNC1. The Balaban J connectivity index is 1.44. The maximum Gasteiger partial charge on any atom is 0.251 e. The molecular formula is C26H26F2N6O2. The zero-order chi connectivity index (χ0) is 25.2. The van der Waals surface area contributed by atoms with E-state index in [9.17, 15) is 13.6 Å². The van der Waals surface area contributed by atoms with Gasteiger partial charge < -0.3 is 20.7 Å². The van der Waals surface area contributed by atoms with Crippen molar-refractivity contribution in [3.8, 4) is 17.0 Å². The van der Waals surface area contributed by atoms with Crippen molar-refractivity contribution >= 4 is 23.1 Å². The van der Waals surface area contributed by atoms with Crippen LogP contribution < -0.4 is 20.7 Å². The molecule has 0 saturated carbocycles. The van der Waals surface area contributed by atoms with Gasteiger partial charge in [-0.2, -0.15) is 4.39 Å². The Morgan fingerprint density at radius 2 is 2.08 bits per heavy atom. The fraction of sp³-hybridized carbons (Fsp3) is 0.269. The van der Waals surface area contributed by atoms with E-state index in [4.69, 9.17) is 4.74 Å². The molecule has 1 aliphatic heterocycles. The number of anilines is 2. The summed E-state index contributed by atoms with van der Waals surface area (Å²) in [4.78, 5) is 21.6. The molecule has 36 heavy (non-hydrogen) atoms. The van der Waals surface area contributed by atoms with Crippen molar-refractivity contribution in [2.75, 3.05) is 25.5 Å². The fourth-order valence-electron chi connectivity index (χ4n) is 4.46. The van der Waals surface area contributed by atoms with E-state index in [0.29, 0.717) is 29.1 Å². The molecule has 1 atom stereocenters. The Morgan fingerprint density at radius 1 is 1.22 bits per heavy atom. The van der Waals surface area contributed by atoms with Crippen molar-refractivity contribution in [3.63, 3.8) is 0 Å². The fourth-order valence-corrected chi connectivity index (χ4v) is 4.46. The van der Waals surface area contributed by atoms with Crippen LogP contribution in [-0.4, -0.2) is 46.5 Å². The van der Waals surface area contributed by atoms with Gasteiger partial charge in [0.25, 0.3) is 5.91 Å². The van der Waals surface area contributed by atoms with Gasteiger partial charge in [-0.25, -0.2) is 14.4 Å². The number of aryl methyl sites for hydroxylation is 1. The summed E-state index contributed by atoms with van der Waals surface area (Å²) in [6, 6.07) is 8.49. The summed E-state index contributed by atoms with van der Waals surface area (Å²) in [5, 5.41) is 9.58. The molecule has 0 spiro atoms. The number of amides is 1. The van der Waals surface area contributed by atoms with E-state index >= 15 is 0 Å². The number of hydrogen-bond donors (Lipinski definition) is 3. The molecule has 2 aromatic carbocycles. The van der Waals surface area contributed by atoms with Crippen molar-refractivity contribution in [1.82, 2.24) is 25.0 Å². The van der Waals surface area contributed by atoms with Crippen LogP contribution in [0.5, 0.6) is 5.75 Å². The van der Waals surface area contributed by atoms with Crippen LogP contribution in [-0.2, 0) is 6.42 Å². The maximum absolute atomic E-state index is 14.7. The molecule has 10 heteroatoms. The van der Waals surface area contributed by atoms with E-state index in [2.05, 4.69) is 25.9 Å². The second-order valence-electron chi connectivity index (χ2n) is 8.57. The quantitative estimate of drug-likeness (QED) is 0.360. The van der Waals surface area contributed by atoms with Crippen LogP contribution in [0.15, 0.2) is 48.9 Å². The van der Waals surface area contributed by atoms with Gasteiger partial charge in [0, 0.05) is 41.8 Å². The summed E-state index contributed by atoms with van der Waals surface area (Å²) in [5.74, 6) is -1.89. The van der Waals surface area contributed by atoms with Crippen LogP contribution in [0.3, 0.4) is 0 Å². The molecule has 0 unspecified atom stereocenters. The van der Waals surface area contributed by atoms with Crippen molar-refractivity contribution < 1.29 is 18.3 Å². The molecule has 8 nitrogen and oxygen atoms in total. The van der Waals surface area contributed by atoms with Gasteiger partial charge >= 0.3 is 0 Å². The van der Waals surface area contributed by atoms with Gasteiger partial charge in [-0.1, -0.05) is 6.92 Å². The van der Waals surface area contributed by atoms with Gasteiger partial charge in [0.2, 0.25) is 5.82 Å². The summed E-state index contributed by atoms with van der Waals surface area (Å²) in [6.07, 6.45) is 6.25. The number of ether oxygens (including phenoxy) is 1. The summed E-state index contributed by atoms with van der Waals surface area (Å²) < 4.78 is 35.5.